The van der Waals surface area contributed by atoms with E-state index in [4.69, 9.17) is 4.74 Å². The Morgan fingerprint density at radius 3 is 3.00 bits per heavy atom. The minimum atomic E-state index is 0.435. The monoisotopic (exact) mass is 127 g/mol. The first-order valence-electron chi connectivity index (χ1n) is 3.42. The zero-order chi connectivity index (χ0) is 6.69. The summed E-state index contributed by atoms with van der Waals surface area (Å²) in [6, 6.07) is 0.435. The molecular weight excluding hydrogens is 114 g/mol. The van der Waals surface area contributed by atoms with Gasteiger partial charge in [-0.2, -0.15) is 0 Å². The highest BCUT2D eigenvalue weighted by molar-refractivity contribution is 5.48. The van der Waals surface area contributed by atoms with Crippen LogP contribution in [0.2, 0.25) is 0 Å². The molecule has 2 heteroatoms. The second-order valence-corrected chi connectivity index (χ2v) is 2.87. The third-order valence-corrected chi connectivity index (χ3v) is 1.38. The lowest BCUT2D eigenvalue weighted by molar-refractivity contribution is 0.310. The summed E-state index contributed by atoms with van der Waals surface area (Å²) in [6.45, 7) is 5.19. The summed E-state index contributed by atoms with van der Waals surface area (Å²) >= 11 is 0. The van der Waals surface area contributed by atoms with Crippen molar-refractivity contribution in [2.75, 3.05) is 6.61 Å². The Bertz CT molecular complexity index is 109. The molecule has 0 aromatic carbocycles. The van der Waals surface area contributed by atoms with Gasteiger partial charge in [0.1, 0.15) is 6.61 Å². The fourth-order valence-corrected chi connectivity index (χ4v) is 0.999. The molecule has 0 saturated heterocycles. The number of rotatable bonds is 2. The van der Waals surface area contributed by atoms with E-state index in [1.54, 1.807) is 6.40 Å². The van der Waals surface area contributed by atoms with Gasteiger partial charge in [0.15, 0.2) is 6.40 Å². The molecule has 0 aromatic heterocycles. The molecule has 1 atom stereocenters. The summed E-state index contributed by atoms with van der Waals surface area (Å²) in [7, 11) is 0. The Morgan fingerprint density at radius 2 is 2.56 bits per heavy atom. The fraction of sp³-hybridized carbons (Fsp3) is 0.857. The van der Waals surface area contributed by atoms with Crippen LogP contribution >= 0.6 is 0 Å². The van der Waals surface area contributed by atoms with Crippen LogP contribution in [0.25, 0.3) is 0 Å². The lowest BCUT2D eigenvalue weighted by Crippen LogP contribution is -2.09. The molecule has 1 aliphatic rings. The molecule has 0 radical (unpaired) electrons. The average molecular weight is 127 g/mol. The van der Waals surface area contributed by atoms with Crippen LogP contribution in [0.1, 0.15) is 20.3 Å². The normalized spacial score (nSPS) is 25.0. The first kappa shape index (κ1) is 6.59. The summed E-state index contributed by atoms with van der Waals surface area (Å²) in [4.78, 5) is 4.13. The molecule has 1 rings (SSSR count). The Labute approximate surface area is 55.9 Å². The van der Waals surface area contributed by atoms with Crippen molar-refractivity contribution in [1.82, 2.24) is 0 Å². The predicted molar refractivity (Wildman–Crippen MR) is 37.7 cm³/mol. The van der Waals surface area contributed by atoms with Crippen molar-refractivity contribution in [2.45, 2.75) is 26.3 Å². The van der Waals surface area contributed by atoms with Gasteiger partial charge >= 0.3 is 0 Å². The van der Waals surface area contributed by atoms with Crippen LogP contribution in [-0.2, 0) is 4.74 Å². The molecule has 0 fully saturated rings. The van der Waals surface area contributed by atoms with E-state index >= 15 is 0 Å². The minimum absolute atomic E-state index is 0.435. The van der Waals surface area contributed by atoms with Crippen LogP contribution in [0.4, 0.5) is 0 Å². The summed E-state index contributed by atoms with van der Waals surface area (Å²) in [6.07, 6.45) is 2.71. The van der Waals surface area contributed by atoms with Gasteiger partial charge in [0.2, 0.25) is 0 Å². The molecule has 0 unspecified atom stereocenters. The van der Waals surface area contributed by atoms with Gasteiger partial charge in [-0.15, -0.1) is 0 Å². The van der Waals surface area contributed by atoms with Crippen LogP contribution in [0.5, 0.6) is 0 Å². The van der Waals surface area contributed by atoms with Gasteiger partial charge in [0.05, 0.1) is 6.04 Å². The quantitative estimate of drug-likeness (QED) is 0.550. The molecule has 1 heterocycles. The van der Waals surface area contributed by atoms with Crippen molar-refractivity contribution >= 4 is 6.40 Å². The number of aliphatic imine (C=N–C) groups is 1. The molecule has 1 aliphatic heterocycles. The van der Waals surface area contributed by atoms with E-state index in [1.165, 1.54) is 0 Å². The van der Waals surface area contributed by atoms with Gasteiger partial charge < -0.3 is 4.74 Å². The topological polar surface area (TPSA) is 21.6 Å². The van der Waals surface area contributed by atoms with Gasteiger partial charge in [-0.1, -0.05) is 13.8 Å². The number of nitrogens with zero attached hydrogens (tertiary/aromatic N) is 1. The molecule has 0 aromatic rings. The van der Waals surface area contributed by atoms with Crippen molar-refractivity contribution in [1.29, 1.82) is 0 Å². The van der Waals surface area contributed by atoms with Crippen LogP contribution in [-0.4, -0.2) is 19.0 Å². The second kappa shape index (κ2) is 2.85. The average Bonchev–Trinajstić information content (AvgIpc) is 2.15. The predicted octanol–water partition coefficient (Wildman–Crippen LogP) is 1.46. The van der Waals surface area contributed by atoms with E-state index in [0.29, 0.717) is 6.04 Å². The fourth-order valence-electron chi connectivity index (χ4n) is 0.999. The van der Waals surface area contributed by atoms with E-state index < -0.39 is 0 Å². The van der Waals surface area contributed by atoms with Gasteiger partial charge in [-0.3, -0.25) is 4.99 Å². The van der Waals surface area contributed by atoms with Crippen LogP contribution in [0.3, 0.4) is 0 Å². The molecule has 0 amide bonds. The Balaban J connectivity index is 2.20. The third kappa shape index (κ3) is 2.04. The van der Waals surface area contributed by atoms with Gasteiger partial charge in [-0.05, 0) is 12.3 Å². The zero-order valence-corrected chi connectivity index (χ0v) is 6.00. The molecule has 0 bridgehead atoms. The molecule has 52 valence electrons. The van der Waals surface area contributed by atoms with Gasteiger partial charge in [0.25, 0.3) is 0 Å². The minimum Gasteiger partial charge on any atom is -0.481 e. The molecule has 2 nitrogen and oxygen atoms in total. The maximum absolute atomic E-state index is 4.97. The van der Waals surface area contributed by atoms with Crippen molar-refractivity contribution in [3.63, 3.8) is 0 Å². The highest BCUT2D eigenvalue weighted by Gasteiger charge is 2.12. The largest absolute Gasteiger partial charge is 0.481 e. The highest BCUT2D eigenvalue weighted by atomic mass is 16.5. The molecule has 0 N–H and O–H groups in total. The maximum Gasteiger partial charge on any atom is 0.169 e. The second-order valence-electron chi connectivity index (χ2n) is 2.87. The Kier molecular flexibility index (Phi) is 2.09. The SMILES string of the molecule is CC(C)C[C@H]1COC=N1. The highest BCUT2D eigenvalue weighted by Crippen LogP contribution is 2.10. The summed E-state index contributed by atoms with van der Waals surface area (Å²) in [5.41, 5.74) is 0. The first-order valence-corrected chi connectivity index (χ1v) is 3.42. The standard InChI is InChI=1S/C7H13NO/c1-6(2)3-7-4-9-5-8-7/h5-7H,3-4H2,1-2H3/t7-/m0/s1. The molecule has 9 heavy (non-hydrogen) atoms. The van der Waals surface area contributed by atoms with E-state index in [-0.39, 0.29) is 0 Å². The van der Waals surface area contributed by atoms with Crippen molar-refractivity contribution in [3.8, 4) is 0 Å². The zero-order valence-electron chi connectivity index (χ0n) is 6.00. The van der Waals surface area contributed by atoms with E-state index in [2.05, 4.69) is 18.8 Å². The van der Waals surface area contributed by atoms with Crippen molar-refractivity contribution < 1.29 is 4.74 Å². The maximum atomic E-state index is 4.97. The Hall–Kier alpha value is -0.530. The van der Waals surface area contributed by atoms with Crippen molar-refractivity contribution in [2.24, 2.45) is 10.9 Å². The van der Waals surface area contributed by atoms with E-state index in [1.807, 2.05) is 0 Å². The summed E-state index contributed by atoms with van der Waals surface area (Å²) in [5.74, 6) is 0.730. The molecule has 0 saturated carbocycles. The number of ether oxygens (including phenoxy) is 1. The molecule has 0 aliphatic carbocycles. The smallest absolute Gasteiger partial charge is 0.169 e. The third-order valence-electron chi connectivity index (χ3n) is 1.38. The lowest BCUT2D eigenvalue weighted by Gasteiger charge is -2.06. The van der Waals surface area contributed by atoms with E-state index in [0.717, 1.165) is 18.9 Å². The molecule has 0 spiro atoms. The lowest BCUT2D eigenvalue weighted by atomic mass is 10.1. The van der Waals surface area contributed by atoms with E-state index in [9.17, 15) is 0 Å². The van der Waals surface area contributed by atoms with Crippen LogP contribution in [0, 0.1) is 5.92 Å². The van der Waals surface area contributed by atoms with Gasteiger partial charge in [-0.25, -0.2) is 0 Å². The Morgan fingerprint density at radius 1 is 1.78 bits per heavy atom. The van der Waals surface area contributed by atoms with Crippen molar-refractivity contribution in [3.05, 3.63) is 0 Å². The number of hydrogen-bond acceptors (Lipinski definition) is 2. The number of hydrogen-bond donors (Lipinski definition) is 0. The van der Waals surface area contributed by atoms with Crippen LogP contribution in [0.15, 0.2) is 4.99 Å². The summed E-state index contributed by atoms with van der Waals surface area (Å²) < 4.78 is 4.97. The van der Waals surface area contributed by atoms with Crippen LogP contribution < -0.4 is 0 Å². The first-order chi connectivity index (χ1) is 4.29. The van der Waals surface area contributed by atoms with Gasteiger partial charge in [0, 0.05) is 0 Å². The summed E-state index contributed by atoms with van der Waals surface area (Å²) in [5, 5.41) is 0. The molecular formula is C7H13NO.